The monoisotopic (exact) mass is 325 g/mol. The molecule has 3 heterocycles. The average molecular weight is 325 g/mol. The average Bonchev–Trinajstić information content (AvgIpc) is 3.11. The highest BCUT2D eigenvalue weighted by Gasteiger charge is 2.44. The molecule has 1 saturated heterocycles. The zero-order valence-electron chi connectivity index (χ0n) is 12.3. The Bertz CT molecular complexity index is 663. The van der Waals surface area contributed by atoms with E-state index in [0.717, 1.165) is 0 Å². The van der Waals surface area contributed by atoms with E-state index in [9.17, 15) is 15.3 Å². The number of aliphatic hydroxyl groups excluding tert-OH is 4. The summed E-state index contributed by atoms with van der Waals surface area (Å²) >= 11 is 0. The molecule has 4 atom stereocenters. The summed E-state index contributed by atoms with van der Waals surface area (Å²) in [5.74, 6) is 0.474. The van der Waals surface area contributed by atoms with Crippen molar-refractivity contribution in [2.45, 2.75) is 30.8 Å². The van der Waals surface area contributed by atoms with Crippen molar-refractivity contribution in [3.05, 3.63) is 18.2 Å². The van der Waals surface area contributed by atoms with Gasteiger partial charge in [-0.3, -0.25) is 0 Å². The lowest BCUT2D eigenvalue weighted by Gasteiger charge is -2.12. The molecule has 0 aliphatic carbocycles. The Kier molecular flexibility index (Phi) is 4.74. The maximum absolute atomic E-state index is 10.1. The molecule has 0 saturated carbocycles. The third-order valence-corrected chi connectivity index (χ3v) is 3.86. The normalized spacial score (nSPS) is 27.7. The topological polar surface area (TPSA) is 141 Å². The molecule has 0 bridgehead atoms. The van der Waals surface area contributed by atoms with Crippen LogP contribution in [0, 0.1) is 0 Å². The van der Waals surface area contributed by atoms with Gasteiger partial charge in [0.25, 0.3) is 0 Å². The summed E-state index contributed by atoms with van der Waals surface area (Å²) in [5.41, 5.74) is 1.34. The van der Waals surface area contributed by atoms with E-state index in [4.69, 9.17) is 14.3 Å². The lowest BCUT2D eigenvalue weighted by atomic mass is 10.0. The first-order valence-electron chi connectivity index (χ1n) is 7.36. The van der Waals surface area contributed by atoms with Gasteiger partial charge in [0.1, 0.15) is 36.3 Å². The Hall–Kier alpha value is -1.78. The fraction of sp³-hybridized carbons (Fsp3) is 0.571. The van der Waals surface area contributed by atoms with Crippen LogP contribution in [0.3, 0.4) is 0 Å². The van der Waals surface area contributed by atoms with Crippen molar-refractivity contribution in [1.29, 1.82) is 0 Å². The SMILES string of the molecule is OCCCNc1ncnc2c([C@@H]3O[C@H](CO)[C@@H](O)[C@H]3O)coc12. The second-order valence-corrected chi connectivity index (χ2v) is 5.35. The molecule has 9 nitrogen and oxygen atoms in total. The third kappa shape index (κ3) is 2.89. The van der Waals surface area contributed by atoms with Gasteiger partial charge in [0, 0.05) is 18.7 Å². The van der Waals surface area contributed by atoms with Gasteiger partial charge in [0.05, 0.1) is 12.9 Å². The summed E-state index contributed by atoms with van der Waals surface area (Å²) in [6.45, 7) is 0.188. The summed E-state index contributed by atoms with van der Waals surface area (Å²) in [5, 5.41) is 41.0. The Morgan fingerprint density at radius 3 is 2.70 bits per heavy atom. The first-order valence-corrected chi connectivity index (χ1v) is 7.36. The lowest BCUT2D eigenvalue weighted by molar-refractivity contribution is -0.0226. The second kappa shape index (κ2) is 6.77. The van der Waals surface area contributed by atoms with Crippen molar-refractivity contribution in [2.24, 2.45) is 0 Å². The zero-order valence-corrected chi connectivity index (χ0v) is 12.3. The number of aliphatic hydroxyl groups is 4. The van der Waals surface area contributed by atoms with Crippen LogP contribution >= 0.6 is 0 Å². The number of furan rings is 1. The molecule has 1 aliphatic heterocycles. The van der Waals surface area contributed by atoms with Crippen LogP contribution < -0.4 is 5.32 Å². The lowest BCUT2D eigenvalue weighted by Crippen LogP contribution is -2.32. The highest BCUT2D eigenvalue weighted by molar-refractivity contribution is 5.86. The van der Waals surface area contributed by atoms with Gasteiger partial charge in [-0.05, 0) is 6.42 Å². The predicted molar refractivity (Wildman–Crippen MR) is 78.7 cm³/mol. The molecule has 2 aromatic rings. The van der Waals surface area contributed by atoms with Gasteiger partial charge in [-0.2, -0.15) is 0 Å². The van der Waals surface area contributed by atoms with Gasteiger partial charge in [0.2, 0.25) is 0 Å². The van der Waals surface area contributed by atoms with E-state index in [1.54, 1.807) is 0 Å². The van der Waals surface area contributed by atoms with Crippen LogP contribution in [-0.2, 0) is 4.74 Å². The molecule has 1 fully saturated rings. The molecule has 1 aliphatic rings. The minimum absolute atomic E-state index is 0.0627. The van der Waals surface area contributed by atoms with Crippen LogP contribution in [0.2, 0.25) is 0 Å². The van der Waals surface area contributed by atoms with Gasteiger partial charge in [-0.15, -0.1) is 0 Å². The molecule has 23 heavy (non-hydrogen) atoms. The number of fused-ring (bicyclic) bond motifs is 1. The van der Waals surface area contributed by atoms with E-state index in [1.807, 2.05) is 0 Å². The Labute approximate surface area is 131 Å². The van der Waals surface area contributed by atoms with Crippen LogP contribution in [-0.4, -0.2) is 68.5 Å². The number of hydrogen-bond donors (Lipinski definition) is 5. The van der Waals surface area contributed by atoms with E-state index in [2.05, 4.69) is 15.3 Å². The molecule has 0 spiro atoms. The van der Waals surface area contributed by atoms with Crippen molar-refractivity contribution >= 4 is 16.9 Å². The summed E-state index contributed by atoms with van der Waals surface area (Å²) < 4.78 is 11.0. The van der Waals surface area contributed by atoms with Gasteiger partial charge < -0.3 is 34.9 Å². The molecular formula is C14H19N3O6. The van der Waals surface area contributed by atoms with Crippen LogP contribution in [0.1, 0.15) is 18.1 Å². The molecule has 0 radical (unpaired) electrons. The highest BCUT2D eigenvalue weighted by Crippen LogP contribution is 2.38. The minimum atomic E-state index is -1.19. The third-order valence-electron chi connectivity index (χ3n) is 3.86. The number of nitrogens with one attached hydrogen (secondary N) is 1. The summed E-state index contributed by atoms with van der Waals surface area (Å²) in [7, 11) is 0. The van der Waals surface area contributed by atoms with E-state index >= 15 is 0 Å². The molecule has 126 valence electrons. The Morgan fingerprint density at radius 2 is 2.00 bits per heavy atom. The van der Waals surface area contributed by atoms with E-state index in [-0.39, 0.29) is 6.61 Å². The fourth-order valence-corrected chi connectivity index (χ4v) is 2.64. The number of anilines is 1. The van der Waals surface area contributed by atoms with Crippen LogP contribution in [0.15, 0.2) is 17.0 Å². The van der Waals surface area contributed by atoms with Gasteiger partial charge in [-0.25, -0.2) is 9.97 Å². The van der Waals surface area contributed by atoms with Crippen molar-refractivity contribution in [3.63, 3.8) is 0 Å². The summed E-state index contributed by atoms with van der Waals surface area (Å²) in [6.07, 6.45) is -0.755. The molecule has 0 unspecified atom stereocenters. The van der Waals surface area contributed by atoms with Crippen molar-refractivity contribution in [2.75, 3.05) is 25.1 Å². The molecule has 3 rings (SSSR count). The maximum atomic E-state index is 10.1. The minimum Gasteiger partial charge on any atom is -0.458 e. The fourth-order valence-electron chi connectivity index (χ4n) is 2.64. The molecular weight excluding hydrogens is 306 g/mol. The van der Waals surface area contributed by atoms with Crippen LogP contribution in [0.25, 0.3) is 11.1 Å². The molecule has 5 N–H and O–H groups in total. The molecule has 2 aromatic heterocycles. The van der Waals surface area contributed by atoms with Gasteiger partial charge >= 0.3 is 0 Å². The first-order chi connectivity index (χ1) is 11.2. The van der Waals surface area contributed by atoms with Gasteiger partial charge in [-0.1, -0.05) is 0 Å². The number of hydrogen-bond acceptors (Lipinski definition) is 9. The first kappa shape index (κ1) is 16.1. The highest BCUT2D eigenvalue weighted by atomic mass is 16.6. The molecule has 0 aromatic carbocycles. The molecule has 0 amide bonds. The van der Waals surface area contributed by atoms with Crippen molar-refractivity contribution in [1.82, 2.24) is 9.97 Å². The quantitative estimate of drug-likeness (QED) is 0.430. The summed E-state index contributed by atoms with van der Waals surface area (Å²) in [4.78, 5) is 8.25. The maximum Gasteiger partial charge on any atom is 0.194 e. The van der Waals surface area contributed by atoms with E-state index < -0.39 is 31.0 Å². The largest absolute Gasteiger partial charge is 0.458 e. The zero-order chi connectivity index (χ0) is 16.4. The van der Waals surface area contributed by atoms with Crippen molar-refractivity contribution < 1.29 is 29.6 Å². The van der Waals surface area contributed by atoms with E-state index in [0.29, 0.717) is 35.4 Å². The predicted octanol–water partition coefficient (Wildman–Crippen LogP) is -0.829. The standard InChI is InChI=1S/C14H19N3O6/c18-3-1-2-15-14-13-9(16-6-17-14)7(5-22-13)12-11(21)10(20)8(4-19)23-12/h5-6,8,10-12,18-21H,1-4H2,(H,15,16,17)/t8-,10-,11-,12+/m1/s1. The van der Waals surface area contributed by atoms with E-state index in [1.165, 1.54) is 12.6 Å². The Balaban J connectivity index is 1.90. The second-order valence-electron chi connectivity index (χ2n) is 5.35. The Morgan fingerprint density at radius 1 is 1.17 bits per heavy atom. The van der Waals surface area contributed by atoms with Crippen LogP contribution in [0.4, 0.5) is 5.82 Å². The summed E-state index contributed by atoms with van der Waals surface area (Å²) in [6, 6.07) is 0. The molecule has 9 heteroatoms. The van der Waals surface area contributed by atoms with Gasteiger partial charge in [0.15, 0.2) is 11.4 Å². The van der Waals surface area contributed by atoms with Crippen LogP contribution in [0.5, 0.6) is 0 Å². The number of rotatable bonds is 6. The van der Waals surface area contributed by atoms with Crippen molar-refractivity contribution in [3.8, 4) is 0 Å². The number of aromatic nitrogens is 2. The number of ether oxygens (including phenoxy) is 1. The number of nitrogens with zero attached hydrogens (tertiary/aromatic N) is 2. The smallest absolute Gasteiger partial charge is 0.194 e.